The largest absolute Gasteiger partial charge is 0.503 e. The van der Waals surface area contributed by atoms with E-state index in [0.29, 0.717) is 0 Å². The minimum atomic E-state index is -0.947. The van der Waals surface area contributed by atoms with Crippen molar-refractivity contribution < 1.29 is 19.1 Å². The van der Waals surface area contributed by atoms with Crippen LogP contribution in [0.1, 0.15) is 37.3 Å². The number of nitrogens with zero attached hydrogens (tertiary/aromatic N) is 1. The number of aliphatic hydroxyl groups excluding tert-OH is 1. The second kappa shape index (κ2) is 6.68. The Hall–Kier alpha value is -2.47. The number of benzene rings is 1. The van der Waals surface area contributed by atoms with Crippen LogP contribution in [0.25, 0.3) is 0 Å². The normalized spacial score (nSPS) is 17.9. The Balaban J connectivity index is 2.13. The average molecular weight is 373 g/mol. The summed E-state index contributed by atoms with van der Waals surface area (Å²) in [5.74, 6) is -2.13. The SMILES string of the molecule is CC(C)(C)C(=O)C1=C(O)C(=O)N(Cc2cccs2)C1c1ccccc1F. The van der Waals surface area contributed by atoms with E-state index < -0.39 is 28.9 Å². The van der Waals surface area contributed by atoms with E-state index in [1.54, 1.807) is 39.0 Å². The van der Waals surface area contributed by atoms with Crippen LogP contribution in [-0.2, 0) is 16.1 Å². The highest BCUT2D eigenvalue weighted by Crippen LogP contribution is 2.42. The Morgan fingerprint density at radius 1 is 1.23 bits per heavy atom. The zero-order chi connectivity index (χ0) is 19.1. The molecule has 4 nitrogen and oxygen atoms in total. The molecule has 6 heteroatoms. The molecule has 0 fully saturated rings. The Morgan fingerprint density at radius 2 is 1.92 bits per heavy atom. The van der Waals surface area contributed by atoms with E-state index in [9.17, 15) is 19.1 Å². The third-order valence-corrected chi connectivity index (χ3v) is 5.20. The maximum atomic E-state index is 14.5. The molecule has 0 radical (unpaired) electrons. The van der Waals surface area contributed by atoms with Crippen LogP contribution in [0.5, 0.6) is 0 Å². The number of ketones is 1. The lowest BCUT2D eigenvalue weighted by molar-refractivity contribution is -0.130. The van der Waals surface area contributed by atoms with Crippen molar-refractivity contribution in [3.8, 4) is 0 Å². The fraction of sp³-hybridized carbons (Fsp3) is 0.300. The number of halogens is 1. The standard InChI is InChI=1S/C20H20FNO3S/c1-20(2,3)18(24)15-16(13-8-4-5-9-14(13)21)22(19(25)17(15)23)11-12-7-6-10-26-12/h4-10,16,23H,11H2,1-3H3. The molecular formula is C20H20FNO3S. The molecule has 0 bridgehead atoms. The number of carbonyl (C=O) groups excluding carboxylic acids is 2. The lowest BCUT2D eigenvalue weighted by atomic mass is 9.82. The first kappa shape index (κ1) is 18.3. The molecule has 1 aliphatic rings. The number of hydrogen-bond donors (Lipinski definition) is 1. The Kier molecular flexibility index (Phi) is 4.71. The zero-order valence-corrected chi connectivity index (χ0v) is 15.6. The van der Waals surface area contributed by atoms with Crippen molar-refractivity contribution in [3.05, 3.63) is 69.4 Å². The Labute approximate surface area is 155 Å². The van der Waals surface area contributed by atoms with Gasteiger partial charge in [-0.05, 0) is 17.5 Å². The minimum Gasteiger partial charge on any atom is -0.503 e. The van der Waals surface area contributed by atoms with Gasteiger partial charge in [-0.15, -0.1) is 11.3 Å². The van der Waals surface area contributed by atoms with Crippen LogP contribution in [0.2, 0.25) is 0 Å². The van der Waals surface area contributed by atoms with Gasteiger partial charge in [0.25, 0.3) is 5.91 Å². The summed E-state index contributed by atoms with van der Waals surface area (Å²) in [6, 6.07) is 8.80. The number of thiophene rings is 1. The number of aliphatic hydroxyl groups is 1. The summed E-state index contributed by atoms with van der Waals surface area (Å²) in [6.07, 6.45) is 0. The highest BCUT2D eigenvalue weighted by molar-refractivity contribution is 7.09. The second-order valence-corrected chi connectivity index (χ2v) is 8.31. The van der Waals surface area contributed by atoms with Gasteiger partial charge in [0, 0.05) is 15.9 Å². The van der Waals surface area contributed by atoms with E-state index in [1.165, 1.54) is 22.3 Å². The fourth-order valence-electron chi connectivity index (χ4n) is 3.04. The molecule has 26 heavy (non-hydrogen) atoms. The van der Waals surface area contributed by atoms with E-state index in [-0.39, 0.29) is 23.5 Å². The molecule has 0 saturated heterocycles. The van der Waals surface area contributed by atoms with Crippen LogP contribution >= 0.6 is 11.3 Å². The average Bonchev–Trinajstić information content (AvgIpc) is 3.16. The first-order valence-corrected chi connectivity index (χ1v) is 9.15. The van der Waals surface area contributed by atoms with Gasteiger partial charge in [0.1, 0.15) is 5.82 Å². The summed E-state index contributed by atoms with van der Waals surface area (Å²) in [7, 11) is 0. The second-order valence-electron chi connectivity index (χ2n) is 7.28. The fourth-order valence-corrected chi connectivity index (χ4v) is 3.75. The van der Waals surface area contributed by atoms with Crippen LogP contribution in [0.3, 0.4) is 0 Å². The van der Waals surface area contributed by atoms with Crippen LogP contribution in [-0.4, -0.2) is 21.7 Å². The monoisotopic (exact) mass is 373 g/mol. The van der Waals surface area contributed by atoms with Crippen molar-refractivity contribution in [3.63, 3.8) is 0 Å². The number of amides is 1. The molecule has 1 aliphatic heterocycles. The third-order valence-electron chi connectivity index (χ3n) is 4.34. The molecule has 1 aromatic heterocycles. The molecule has 1 amide bonds. The van der Waals surface area contributed by atoms with Gasteiger partial charge in [-0.1, -0.05) is 45.0 Å². The van der Waals surface area contributed by atoms with Gasteiger partial charge < -0.3 is 10.0 Å². The van der Waals surface area contributed by atoms with E-state index in [0.717, 1.165) is 4.88 Å². The van der Waals surface area contributed by atoms with Gasteiger partial charge in [0.2, 0.25) is 0 Å². The molecule has 0 aliphatic carbocycles. The quantitative estimate of drug-likeness (QED) is 0.864. The smallest absolute Gasteiger partial charge is 0.290 e. The lowest BCUT2D eigenvalue weighted by Gasteiger charge is -2.28. The molecule has 0 spiro atoms. The summed E-state index contributed by atoms with van der Waals surface area (Å²) in [5.41, 5.74) is -0.648. The summed E-state index contributed by atoms with van der Waals surface area (Å²) in [5, 5.41) is 12.3. The predicted molar refractivity (Wildman–Crippen MR) is 98.1 cm³/mol. The van der Waals surface area contributed by atoms with Gasteiger partial charge in [-0.25, -0.2) is 4.39 Å². The summed E-state index contributed by atoms with van der Waals surface area (Å²) in [4.78, 5) is 27.9. The third kappa shape index (κ3) is 3.17. The maximum Gasteiger partial charge on any atom is 0.290 e. The number of Topliss-reactive ketones (excluding diaryl/α,β-unsaturated/α-hetero) is 1. The van der Waals surface area contributed by atoms with Crippen molar-refractivity contribution in [1.29, 1.82) is 0 Å². The molecule has 1 N–H and O–H groups in total. The van der Waals surface area contributed by atoms with E-state index in [2.05, 4.69) is 0 Å². The molecule has 0 saturated carbocycles. The van der Waals surface area contributed by atoms with E-state index in [4.69, 9.17) is 0 Å². The van der Waals surface area contributed by atoms with Gasteiger partial charge in [-0.2, -0.15) is 0 Å². The van der Waals surface area contributed by atoms with E-state index >= 15 is 0 Å². The summed E-state index contributed by atoms with van der Waals surface area (Å²) in [6.45, 7) is 5.32. The Morgan fingerprint density at radius 3 is 2.50 bits per heavy atom. The van der Waals surface area contributed by atoms with Crippen LogP contribution in [0.15, 0.2) is 53.1 Å². The molecule has 1 unspecified atom stereocenters. The molecule has 2 heterocycles. The lowest BCUT2D eigenvalue weighted by Crippen LogP contribution is -2.32. The number of carbonyl (C=O) groups is 2. The van der Waals surface area contributed by atoms with Gasteiger partial charge >= 0.3 is 0 Å². The maximum absolute atomic E-state index is 14.5. The molecule has 3 rings (SSSR count). The minimum absolute atomic E-state index is 0.0378. The van der Waals surface area contributed by atoms with Crippen LogP contribution in [0.4, 0.5) is 4.39 Å². The number of rotatable bonds is 4. The van der Waals surface area contributed by atoms with Crippen molar-refractivity contribution in [2.45, 2.75) is 33.4 Å². The highest BCUT2D eigenvalue weighted by Gasteiger charge is 2.46. The molecular weight excluding hydrogens is 353 g/mol. The summed E-state index contributed by atoms with van der Waals surface area (Å²) >= 11 is 1.46. The van der Waals surface area contributed by atoms with Crippen molar-refractivity contribution in [1.82, 2.24) is 4.90 Å². The number of hydrogen-bond acceptors (Lipinski definition) is 4. The van der Waals surface area contributed by atoms with Crippen molar-refractivity contribution >= 4 is 23.0 Å². The summed E-state index contributed by atoms with van der Waals surface area (Å²) < 4.78 is 14.5. The van der Waals surface area contributed by atoms with Gasteiger partial charge in [0.15, 0.2) is 11.5 Å². The highest BCUT2D eigenvalue weighted by atomic mass is 32.1. The van der Waals surface area contributed by atoms with E-state index in [1.807, 2.05) is 17.5 Å². The first-order valence-electron chi connectivity index (χ1n) is 8.27. The van der Waals surface area contributed by atoms with Gasteiger partial charge in [0.05, 0.1) is 18.2 Å². The molecule has 1 aromatic carbocycles. The van der Waals surface area contributed by atoms with Crippen LogP contribution in [0, 0.1) is 11.2 Å². The topological polar surface area (TPSA) is 57.6 Å². The van der Waals surface area contributed by atoms with Crippen LogP contribution < -0.4 is 0 Å². The predicted octanol–water partition coefficient (Wildman–Crippen LogP) is 4.40. The van der Waals surface area contributed by atoms with Gasteiger partial charge in [-0.3, -0.25) is 9.59 Å². The molecule has 2 aromatic rings. The zero-order valence-electron chi connectivity index (χ0n) is 14.8. The van der Waals surface area contributed by atoms with Crippen molar-refractivity contribution in [2.24, 2.45) is 5.41 Å². The Bertz CT molecular complexity index is 881. The van der Waals surface area contributed by atoms with Crippen molar-refractivity contribution in [2.75, 3.05) is 0 Å². The molecule has 1 atom stereocenters. The molecule has 136 valence electrons. The first-order chi connectivity index (χ1) is 12.2.